The Morgan fingerprint density at radius 1 is 1.20 bits per heavy atom. The molecule has 0 spiro atoms. The van der Waals surface area contributed by atoms with Crippen LogP contribution in [0.25, 0.3) is 0 Å². The van der Waals surface area contributed by atoms with Crippen molar-refractivity contribution in [2.24, 2.45) is 0 Å². The van der Waals surface area contributed by atoms with E-state index in [2.05, 4.69) is 0 Å². The minimum Gasteiger partial charge on any atom is -0.507 e. The van der Waals surface area contributed by atoms with Crippen molar-refractivity contribution in [1.82, 2.24) is 0 Å². The van der Waals surface area contributed by atoms with E-state index in [9.17, 15) is 19.5 Å². The highest BCUT2D eigenvalue weighted by molar-refractivity contribution is 6.56. The van der Waals surface area contributed by atoms with Gasteiger partial charge in [0.25, 0.3) is 0 Å². The minimum atomic E-state index is -1.35. The van der Waals surface area contributed by atoms with E-state index >= 15 is 0 Å². The van der Waals surface area contributed by atoms with Gasteiger partial charge in [-0.1, -0.05) is 23.2 Å². The van der Waals surface area contributed by atoms with Crippen LogP contribution in [0.15, 0.2) is 17.7 Å². The van der Waals surface area contributed by atoms with Gasteiger partial charge in [0.2, 0.25) is 0 Å². The molecule has 0 aromatic heterocycles. The van der Waals surface area contributed by atoms with Crippen molar-refractivity contribution in [3.8, 4) is 5.75 Å². The second-order valence-corrected chi connectivity index (χ2v) is 5.62. The van der Waals surface area contributed by atoms with Gasteiger partial charge in [0.05, 0.1) is 5.56 Å². The molecule has 1 N–H and O–H groups in total. The SMILES string of the molecule is CC1=CC(=O)c2c(O)cc(C)c(C(=O)C(Cl)Cl)c2C1=O. The molecule has 0 atom stereocenters. The predicted molar refractivity (Wildman–Crippen MR) is 75.1 cm³/mol. The number of phenolic OH excluding ortho intramolecular Hbond substituents is 1. The Labute approximate surface area is 125 Å². The number of carbonyl (C=O) groups is 3. The molecule has 2 rings (SSSR count). The van der Waals surface area contributed by atoms with Gasteiger partial charge in [0.15, 0.2) is 22.2 Å². The first-order chi connectivity index (χ1) is 9.25. The number of benzene rings is 1. The molecule has 0 aliphatic heterocycles. The average molecular weight is 313 g/mol. The predicted octanol–water partition coefficient (Wildman–Crippen LogP) is 3.01. The Kier molecular flexibility index (Phi) is 3.71. The molecule has 0 heterocycles. The molecule has 1 aliphatic rings. The number of hydrogen-bond donors (Lipinski definition) is 1. The zero-order valence-electron chi connectivity index (χ0n) is 10.7. The lowest BCUT2D eigenvalue weighted by Crippen LogP contribution is -2.23. The topological polar surface area (TPSA) is 71.4 Å². The fourth-order valence-electron chi connectivity index (χ4n) is 2.23. The maximum absolute atomic E-state index is 12.2. The number of alkyl halides is 2. The highest BCUT2D eigenvalue weighted by Gasteiger charge is 2.33. The van der Waals surface area contributed by atoms with Crippen LogP contribution in [0.1, 0.15) is 43.6 Å². The number of aromatic hydroxyl groups is 1. The number of Topliss-reactive ketones (excluding diaryl/α,β-unsaturated/α-hetero) is 2. The minimum absolute atomic E-state index is 0.0152. The first-order valence-electron chi connectivity index (χ1n) is 5.72. The average Bonchev–Trinajstić information content (AvgIpc) is 2.34. The Balaban J connectivity index is 2.87. The molecule has 20 heavy (non-hydrogen) atoms. The van der Waals surface area contributed by atoms with E-state index in [0.29, 0.717) is 5.56 Å². The van der Waals surface area contributed by atoms with Crippen molar-refractivity contribution in [3.63, 3.8) is 0 Å². The van der Waals surface area contributed by atoms with E-state index in [0.717, 1.165) is 6.08 Å². The van der Waals surface area contributed by atoms with E-state index < -0.39 is 22.2 Å². The molecule has 1 aliphatic carbocycles. The van der Waals surface area contributed by atoms with Gasteiger partial charge in [0, 0.05) is 16.7 Å². The van der Waals surface area contributed by atoms with Crippen molar-refractivity contribution in [2.75, 3.05) is 0 Å². The van der Waals surface area contributed by atoms with Crippen LogP contribution in [0.2, 0.25) is 0 Å². The molecule has 0 unspecified atom stereocenters. The Bertz CT molecular complexity index is 687. The first-order valence-corrected chi connectivity index (χ1v) is 6.59. The van der Waals surface area contributed by atoms with Crippen molar-refractivity contribution in [2.45, 2.75) is 18.7 Å². The summed E-state index contributed by atoms with van der Waals surface area (Å²) >= 11 is 11.2. The number of phenols is 1. The lowest BCUT2D eigenvalue weighted by atomic mass is 9.83. The Morgan fingerprint density at radius 2 is 1.80 bits per heavy atom. The van der Waals surface area contributed by atoms with Crippen LogP contribution in [0.4, 0.5) is 0 Å². The summed E-state index contributed by atoms with van der Waals surface area (Å²) in [5.41, 5.74) is 0.224. The van der Waals surface area contributed by atoms with Gasteiger partial charge < -0.3 is 5.11 Å². The molecule has 1 aromatic carbocycles. The van der Waals surface area contributed by atoms with E-state index in [-0.39, 0.29) is 28.0 Å². The van der Waals surface area contributed by atoms with E-state index in [1.54, 1.807) is 0 Å². The molecule has 0 bridgehead atoms. The number of allylic oxidation sites excluding steroid dienone is 2. The van der Waals surface area contributed by atoms with Gasteiger partial charge in [0.1, 0.15) is 5.75 Å². The summed E-state index contributed by atoms with van der Waals surface area (Å²) in [5.74, 6) is -2.02. The van der Waals surface area contributed by atoms with E-state index in [1.807, 2.05) is 0 Å². The van der Waals surface area contributed by atoms with Crippen molar-refractivity contribution < 1.29 is 19.5 Å². The number of rotatable bonds is 2. The molecule has 0 saturated heterocycles. The standard InChI is InChI=1S/C14H10Cl2O4/c1-5-3-7(17)10-8(18)4-6(2)12(19)11(10)9(5)13(20)14(15)16/h3-4,14,17H,1-2H3. The first kappa shape index (κ1) is 14.8. The van der Waals surface area contributed by atoms with Gasteiger partial charge in [-0.05, 0) is 31.6 Å². The van der Waals surface area contributed by atoms with Crippen LogP contribution < -0.4 is 0 Å². The molecule has 104 valence electrons. The normalized spacial score (nSPS) is 14.3. The number of fused-ring (bicyclic) bond motifs is 1. The maximum atomic E-state index is 12.2. The third-order valence-electron chi connectivity index (χ3n) is 3.13. The van der Waals surface area contributed by atoms with Crippen LogP contribution in [0.5, 0.6) is 5.75 Å². The number of aryl methyl sites for hydroxylation is 1. The van der Waals surface area contributed by atoms with Crippen LogP contribution in [0.3, 0.4) is 0 Å². The summed E-state index contributed by atoms with van der Waals surface area (Å²) in [4.78, 5) is 34.9. The van der Waals surface area contributed by atoms with E-state index in [4.69, 9.17) is 23.2 Å². The third-order valence-corrected chi connectivity index (χ3v) is 3.52. The summed E-state index contributed by atoms with van der Waals surface area (Å²) in [7, 11) is 0. The fourth-order valence-corrected chi connectivity index (χ4v) is 2.45. The lowest BCUT2D eigenvalue weighted by molar-refractivity contribution is 0.0966. The lowest BCUT2D eigenvalue weighted by Gasteiger charge is -2.19. The van der Waals surface area contributed by atoms with Crippen LogP contribution in [0, 0.1) is 6.92 Å². The zero-order valence-corrected chi connectivity index (χ0v) is 12.2. The Morgan fingerprint density at radius 3 is 2.35 bits per heavy atom. The molecule has 0 saturated carbocycles. The molecule has 0 amide bonds. The largest absolute Gasteiger partial charge is 0.507 e. The molecule has 1 aromatic rings. The van der Waals surface area contributed by atoms with Gasteiger partial charge in [-0.15, -0.1) is 0 Å². The Hall–Kier alpha value is -1.65. The number of ketones is 3. The molecular formula is C14H10Cl2O4. The molecule has 0 fully saturated rings. The quantitative estimate of drug-likeness (QED) is 0.673. The van der Waals surface area contributed by atoms with Crippen LogP contribution in [-0.2, 0) is 0 Å². The smallest absolute Gasteiger partial charge is 0.196 e. The van der Waals surface area contributed by atoms with Crippen LogP contribution in [-0.4, -0.2) is 27.3 Å². The number of halogens is 2. The summed E-state index contributed by atoms with van der Waals surface area (Å²) in [6.07, 6.45) is 1.13. The van der Waals surface area contributed by atoms with Crippen molar-refractivity contribution in [1.29, 1.82) is 0 Å². The monoisotopic (exact) mass is 312 g/mol. The second-order valence-electron chi connectivity index (χ2n) is 4.52. The van der Waals surface area contributed by atoms with Crippen molar-refractivity contribution in [3.05, 3.63) is 40.0 Å². The van der Waals surface area contributed by atoms with Gasteiger partial charge in [-0.3, -0.25) is 14.4 Å². The highest BCUT2D eigenvalue weighted by Crippen LogP contribution is 2.34. The molecule has 0 radical (unpaired) electrons. The van der Waals surface area contributed by atoms with Gasteiger partial charge >= 0.3 is 0 Å². The maximum Gasteiger partial charge on any atom is 0.196 e. The van der Waals surface area contributed by atoms with Gasteiger partial charge in [-0.25, -0.2) is 0 Å². The number of carbonyl (C=O) groups excluding carboxylic acids is 3. The summed E-state index contributed by atoms with van der Waals surface area (Å²) in [6.45, 7) is 3.00. The fraction of sp³-hybridized carbons (Fsp3) is 0.214. The summed E-state index contributed by atoms with van der Waals surface area (Å²) in [6, 6.07) is 1.25. The zero-order chi connectivity index (χ0) is 15.2. The number of hydrogen-bond acceptors (Lipinski definition) is 4. The molecular weight excluding hydrogens is 303 g/mol. The van der Waals surface area contributed by atoms with Gasteiger partial charge in [-0.2, -0.15) is 0 Å². The third kappa shape index (κ3) is 2.15. The second kappa shape index (κ2) is 5.04. The van der Waals surface area contributed by atoms with Crippen LogP contribution >= 0.6 is 23.2 Å². The highest BCUT2D eigenvalue weighted by atomic mass is 35.5. The molecule has 6 heteroatoms. The summed E-state index contributed by atoms with van der Waals surface area (Å²) < 4.78 is 0. The van der Waals surface area contributed by atoms with Crippen molar-refractivity contribution >= 4 is 40.6 Å². The van der Waals surface area contributed by atoms with E-state index in [1.165, 1.54) is 19.9 Å². The summed E-state index contributed by atoms with van der Waals surface area (Å²) in [5, 5.41) is 9.88. The molecule has 4 nitrogen and oxygen atoms in total.